The molecule has 5 rings (SSSR count). The first-order chi connectivity index (χ1) is 23.2. The van der Waals surface area contributed by atoms with Gasteiger partial charge in [0, 0.05) is 38.1 Å². The molecule has 1 aliphatic carbocycles. The third kappa shape index (κ3) is 8.38. The lowest BCUT2D eigenvalue weighted by atomic mass is 9.85. The molecule has 3 aromatic rings. The first kappa shape index (κ1) is 37.9. The summed E-state index contributed by atoms with van der Waals surface area (Å²) < 4.78 is 81.8. The SMILES string of the molecule is Cn1c(Nc2c(Cl)ccc(CNC(=O)C(C)(C)C)c2Cl)nc2cc(C(=O)NC3CCC(C(F)(F)F)CC3)c(N3CCC(C(F)(F)F)CC3)cc21. The number of piperidine rings is 1. The zero-order valence-corrected chi connectivity index (χ0v) is 29.6. The number of nitrogens with one attached hydrogen (secondary N) is 3. The van der Waals surface area contributed by atoms with Crippen molar-refractivity contribution in [3.8, 4) is 0 Å². The number of aryl methyl sites for hydroxylation is 1. The molecule has 2 fully saturated rings. The molecule has 0 atom stereocenters. The van der Waals surface area contributed by atoms with E-state index < -0.39 is 41.6 Å². The summed E-state index contributed by atoms with van der Waals surface area (Å²) in [6.45, 7) is 5.63. The summed E-state index contributed by atoms with van der Waals surface area (Å²) >= 11 is 13.3. The van der Waals surface area contributed by atoms with E-state index in [2.05, 4.69) is 20.9 Å². The van der Waals surface area contributed by atoms with Crippen molar-refractivity contribution >= 4 is 63.4 Å². The maximum Gasteiger partial charge on any atom is 0.391 e. The average molecular weight is 750 g/mol. The van der Waals surface area contributed by atoms with Crippen LogP contribution in [0.15, 0.2) is 24.3 Å². The fourth-order valence-corrected chi connectivity index (χ4v) is 6.99. The number of carbonyl (C=O) groups excluding carboxylic acids is 2. The third-order valence-corrected chi connectivity index (χ3v) is 10.3. The summed E-state index contributed by atoms with van der Waals surface area (Å²) in [6, 6.07) is 6.08. The van der Waals surface area contributed by atoms with E-state index in [-0.39, 0.29) is 79.7 Å². The Hall–Kier alpha value is -3.39. The minimum Gasteiger partial charge on any atom is -0.371 e. The number of alkyl halides is 6. The molecular formula is C34H40Cl2F6N6O2. The number of amides is 2. The van der Waals surface area contributed by atoms with Crippen LogP contribution in [0.3, 0.4) is 0 Å². The van der Waals surface area contributed by atoms with Gasteiger partial charge < -0.3 is 25.4 Å². The van der Waals surface area contributed by atoms with E-state index in [0.29, 0.717) is 33.9 Å². The third-order valence-electron chi connectivity index (χ3n) is 9.60. The molecule has 2 aromatic carbocycles. The highest BCUT2D eigenvalue weighted by Gasteiger charge is 2.43. The molecule has 1 aliphatic heterocycles. The van der Waals surface area contributed by atoms with Gasteiger partial charge in [-0.2, -0.15) is 26.3 Å². The van der Waals surface area contributed by atoms with Gasteiger partial charge in [-0.15, -0.1) is 0 Å². The van der Waals surface area contributed by atoms with E-state index in [9.17, 15) is 35.9 Å². The minimum absolute atomic E-state index is 0.0549. The minimum atomic E-state index is -4.33. The maximum atomic E-state index is 13.7. The van der Waals surface area contributed by atoms with Crippen molar-refractivity contribution in [2.24, 2.45) is 24.3 Å². The maximum absolute atomic E-state index is 13.7. The Labute approximate surface area is 296 Å². The molecule has 1 aromatic heterocycles. The van der Waals surface area contributed by atoms with Gasteiger partial charge in [-0.05, 0) is 62.3 Å². The quantitative estimate of drug-likeness (QED) is 0.210. The number of aromatic nitrogens is 2. The average Bonchev–Trinajstić information content (AvgIpc) is 3.34. The zero-order chi connectivity index (χ0) is 36.8. The highest BCUT2D eigenvalue weighted by Crippen LogP contribution is 2.40. The summed E-state index contributed by atoms with van der Waals surface area (Å²) in [5.41, 5.74) is 1.83. The van der Waals surface area contributed by atoms with Gasteiger partial charge in [0.2, 0.25) is 11.9 Å². The smallest absolute Gasteiger partial charge is 0.371 e. The Morgan fingerprint density at radius 3 is 2.08 bits per heavy atom. The van der Waals surface area contributed by atoms with Crippen molar-refractivity contribution in [3.05, 3.63) is 45.4 Å². The van der Waals surface area contributed by atoms with Gasteiger partial charge in [-0.25, -0.2) is 4.98 Å². The highest BCUT2D eigenvalue weighted by atomic mass is 35.5. The van der Waals surface area contributed by atoms with Crippen molar-refractivity contribution in [3.63, 3.8) is 0 Å². The van der Waals surface area contributed by atoms with Crippen LogP contribution in [0.4, 0.5) is 43.7 Å². The Bertz CT molecular complexity index is 1740. The largest absolute Gasteiger partial charge is 0.391 e. The molecule has 1 saturated heterocycles. The topological polar surface area (TPSA) is 91.3 Å². The fourth-order valence-electron chi connectivity index (χ4n) is 6.46. The summed E-state index contributed by atoms with van der Waals surface area (Å²) in [4.78, 5) is 32.6. The lowest BCUT2D eigenvalue weighted by Crippen LogP contribution is -2.42. The van der Waals surface area contributed by atoms with Crippen LogP contribution in [0, 0.1) is 17.3 Å². The molecule has 0 radical (unpaired) electrons. The number of hydrogen-bond donors (Lipinski definition) is 3. The number of imidazole rings is 1. The van der Waals surface area contributed by atoms with Crippen LogP contribution in [0.2, 0.25) is 10.0 Å². The van der Waals surface area contributed by atoms with E-state index >= 15 is 0 Å². The van der Waals surface area contributed by atoms with E-state index in [0.717, 1.165) is 0 Å². The first-order valence-corrected chi connectivity index (χ1v) is 17.2. The lowest BCUT2D eigenvalue weighted by Gasteiger charge is -2.35. The standard InChI is InChI=1S/C34H40Cl2F6N6O2/c1-32(2,3)30(50)43-17-18-5-10-23(35)28(27(18)36)46-31-45-24-15-22(29(49)44-21-8-6-19(7-9-21)33(37,38)39)25(16-26(24)47(31)4)48-13-11-20(12-14-48)34(40,41)42/h5,10,15-16,19-21H,6-9,11-14,17H2,1-4H3,(H,43,50)(H,44,49)(H,45,46). The first-order valence-electron chi connectivity index (χ1n) is 16.5. The highest BCUT2D eigenvalue weighted by molar-refractivity contribution is 6.39. The predicted molar refractivity (Wildman–Crippen MR) is 182 cm³/mol. The number of nitrogens with zero attached hydrogens (tertiary/aromatic N) is 3. The Balaban J connectivity index is 1.45. The van der Waals surface area contributed by atoms with Crippen LogP contribution in [0.25, 0.3) is 11.0 Å². The van der Waals surface area contributed by atoms with Crippen molar-refractivity contribution < 1.29 is 35.9 Å². The van der Waals surface area contributed by atoms with E-state index in [1.54, 1.807) is 61.6 Å². The van der Waals surface area contributed by atoms with E-state index in [4.69, 9.17) is 23.2 Å². The number of carbonyl (C=O) groups is 2. The molecule has 2 heterocycles. The van der Waals surface area contributed by atoms with Crippen LogP contribution < -0.4 is 20.9 Å². The molecule has 274 valence electrons. The molecule has 2 amide bonds. The normalized spacial score (nSPS) is 19.5. The number of fused-ring (bicyclic) bond motifs is 1. The number of anilines is 3. The molecule has 1 saturated carbocycles. The van der Waals surface area contributed by atoms with Crippen molar-refractivity contribution in [2.45, 2.75) is 84.2 Å². The van der Waals surface area contributed by atoms with Crippen molar-refractivity contribution in [1.29, 1.82) is 0 Å². The van der Waals surface area contributed by atoms with Gasteiger partial charge in [-0.1, -0.05) is 50.0 Å². The number of benzene rings is 2. The van der Waals surface area contributed by atoms with Gasteiger partial charge in [0.05, 0.1) is 49.9 Å². The molecule has 0 unspecified atom stereocenters. The van der Waals surface area contributed by atoms with Crippen LogP contribution in [0.5, 0.6) is 0 Å². The van der Waals surface area contributed by atoms with E-state index in [1.165, 1.54) is 0 Å². The number of rotatable bonds is 7. The summed E-state index contributed by atoms with van der Waals surface area (Å²) in [6.07, 6.45) is -8.81. The van der Waals surface area contributed by atoms with Crippen LogP contribution in [-0.4, -0.2) is 52.8 Å². The van der Waals surface area contributed by atoms with Crippen LogP contribution in [0.1, 0.15) is 75.2 Å². The van der Waals surface area contributed by atoms with E-state index in [1.807, 2.05) is 0 Å². The number of hydrogen-bond acceptors (Lipinski definition) is 5. The van der Waals surface area contributed by atoms with Gasteiger partial charge in [0.15, 0.2) is 0 Å². The second kappa shape index (κ2) is 14.3. The zero-order valence-electron chi connectivity index (χ0n) is 28.1. The lowest BCUT2D eigenvalue weighted by molar-refractivity contribution is -0.182. The van der Waals surface area contributed by atoms with Crippen LogP contribution in [-0.2, 0) is 18.4 Å². The van der Waals surface area contributed by atoms with Gasteiger partial charge in [-0.3, -0.25) is 9.59 Å². The van der Waals surface area contributed by atoms with Crippen molar-refractivity contribution in [1.82, 2.24) is 20.2 Å². The molecule has 8 nitrogen and oxygen atoms in total. The Morgan fingerprint density at radius 1 is 0.900 bits per heavy atom. The molecule has 16 heteroatoms. The summed E-state index contributed by atoms with van der Waals surface area (Å²) in [5.74, 6) is -3.28. The fraction of sp³-hybridized carbons (Fsp3) is 0.559. The second-order valence-corrected chi connectivity index (χ2v) is 15.0. The molecule has 0 spiro atoms. The predicted octanol–water partition coefficient (Wildman–Crippen LogP) is 8.92. The molecule has 0 bridgehead atoms. The Morgan fingerprint density at radius 2 is 1.50 bits per heavy atom. The summed E-state index contributed by atoms with van der Waals surface area (Å²) in [7, 11) is 1.71. The Kier molecular flexibility index (Phi) is 10.8. The molecule has 50 heavy (non-hydrogen) atoms. The molecule has 3 N–H and O–H groups in total. The second-order valence-electron chi connectivity index (χ2n) is 14.2. The summed E-state index contributed by atoms with van der Waals surface area (Å²) in [5, 5.41) is 9.41. The number of halogens is 8. The molecule has 2 aliphatic rings. The van der Waals surface area contributed by atoms with Gasteiger partial charge in [0.1, 0.15) is 0 Å². The molecular weight excluding hydrogens is 709 g/mol. The van der Waals surface area contributed by atoms with Crippen LogP contribution >= 0.6 is 23.2 Å². The van der Waals surface area contributed by atoms with Gasteiger partial charge in [0.25, 0.3) is 5.91 Å². The van der Waals surface area contributed by atoms with Crippen molar-refractivity contribution in [2.75, 3.05) is 23.3 Å². The van der Waals surface area contributed by atoms with Gasteiger partial charge >= 0.3 is 12.4 Å². The monoisotopic (exact) mass is 748 g/mol.